The van der Waals surface area contributed by atoms with Crippen LogP contribution in [0.1, 0.15) is 17.3 Å². The summed E-state index contributed by atoms with van der Waals surface area (Å²) in [5.74, 6) is -5.24. The van der Waals surface area contributed by atoms with Gasteiger partial charge in [0, 0.05) is 19.2 Å². The molecule has 0 heterocycles. The van der Waals surface area contributed by atoms with E-state index in [2.05, 4.69) is 5.32 Å². The number of likely N-dealkylation sites (N-methyl/N-ethyl adjacent to an activating group) is 1. The number of carbonyl (C=O) groups is 3. The Balaban J connectivity index is 2.54. The first kappa shape index (κ1) is 17.5. The summed E-state index contributed by atoms with van der Waals surface area (Å²) in [7, 11) is 1.41. The molecule has 2 N–H and O–H groups in total. The molecule has 6 nitrogen and oxygen atoms in total. The number of nitrogens with one attached hydrogen (secondary N) is 1. The van der Waals surface area contributed by atoms with Gasteiger partial charge in [0.25, 0.3) is 5.91 Å². The van der Waals surface area contributed by atoms with Gasteiger partial charge in [0.05, 0.1) is 12.5 Å². The summed E-state index contributed by atoms with van der Waals surface area (Å²) in [6, 6.07) is 2.63. The van der Waals surface area contributed by atoms with Crippen LogP contribution in [0.15, 0.2) is 18.2 Å². The second kappa shape index (κ2) is 7.48. The van der Waals surface area contributed by atoms with Crippen LogP contribution < -0.4 is 5.32 Å². The molecule has 0 saturated heterocycles. The van der Waals surface area contributed by atoms with E-state index in [0.29, 0.717) is 0 Å². The molecule has 1 aromatic rings. The lowest BCUT2D eigenvalue weighted by Gasteiger charge is -2.19. The van der Waals surface area contributed by atoms with Gasteiger partial charge in [-0.15, -0.1) is 0 Å². The third kappa shape index (κ3) is 4.80. The van der Waals surface area contributed by atoms with Crippen LogP contribution in [0.2, 0.25) is 0 Å². The van der Waals surface area contributed by atoms with Crippen LogP contribution in [0.3, 0.4) is 0 Å². The largest absolute Gasteiger partial charge is 0.481 e. The Morgan fingerprint density at radius 3 is 2.45 bits per heavy atom. The first-order valence-corrected chi connectivity index (χ1v) is 6.42. The molecule has 1 rings (SSSR count). The highest BCUT2D eigenvalue weighted by molar-refractivity contribution is 5.96. The van der Waals surface area contributed by atoms with E-state index in [-0.39, 0.29) is 18.7 Å². The van der Waals surface area contributed by atoms with Crippen LogP contribution in [-0.2, 0) is 9.59 Å². The van der Waals surface area contributed by atoms with Crippen molar-refractivity contribution in [2.45, 2.75) is 6.92 Å². The Kier molecular flexibility index (Phi) is 5.97. The fourth-order valence-corrected chi connectivity index (χ4v) is 1.62. The first-order valence-electron chi connectivity index (χ1n) is 6.42. The average molecular weight is 314 g/mol. The molecule has 0 aliphatic rings. The van der Waals surface area contributed by atoms with E-state index >= 15 is 0 Å². The summed E-state index contributed by atoms with van der Waals surface area (Å²) in [5, 5.41) is 11.0. The smallest absolute Gasteiger partial charge is 0.308 e. The lowest BCUT2D eigenvalue weighted by atomic mass is 10.2. The molecule has 0 aliphatic carbocycles. The van der Waals surface area contributed by atoms with Crippen molar-refractivity contribution in [3.63, 3.8) is 0 Å². The summed E-state index contributed by atoms with van der Waals surface area (Å²) >= 11 is 0. The standard InChI is InChI=1S/C14H16F2N2O4/c1-8(14(21)22)7-18(2)12(19)6-17-13(20)9-3-4-10(15)11(16)5-9/h3-5,8H,6-7H2,1-2H3,(H,17,20)(H,21,22). The molecule has 22 heavy (non-hydrogen) atoms. The van der Waals surface area contributed by atoms with E-state index in [4.69, 9.17) is 5.11 Å². The van der Waals surface area contributed by atoms with Crippen LogP contribution in [0, 0.1) is 17.6 Å². The Morgan fingerprint density at radius 1 is 1.27 bits per heavy atom. The summed E-state index contributed by atoms with van der Waals surface area (Å²) in [6.07, 6.45) is 0. The van der Waals surface area contributed by atoms with Crippen molar-refractivity contribution in [1.29, 1.82) is 0 Å². The van der Waals surface area contributed by atoms with Gasteiger partial charge in [-0.05, 0) is 18.2 Å². The number of carboxylic acids is 1. The molecule has 2 amide bonds. The van der Waals surface area contributed by atoms with Crippen LogP contribution in [-0.4, -0.2) is 47.9 Å². The van der Waals surface area contributed by atoms with Crippen LogP contribution in [0.4, 0.5) is 8.78 Å². The molecule has 120 valence electrons. The highest BCUT2D eigenvalue weighted by Crippen LogP contribution is 2.08. The summed E-state index contributed by atoms with van der Waals surface area (Å²) in [6.45, 7) is 1.07. The van der Waals surface area contributed by atoms with Gasteiger partial charge in [-0.25, -0.2) is 8.78 Å². The van der Waals surface area contributed by atoms with E-state index in [0.717, 1.165) is 18.2 Å². The number of nitrogens with zero attached hydrogens (tertiary/aromatic N) is 1. The van der Waals surface area contributed by atoms with Gasteiger partial charge in [0.15, 0.2) is 11.6 Å². The maximum atomic E-state index is 13.0. The SMILES string of the molecule is CC(CN(C)C(=O)CNC(=O)c1ccc(F)c(F)c1)C(=O)O. The highest BCUT2D eigenvalue weighted by atomic mass is 19.2. The Labute approximate surface area is 125 Å². The van der Waals surface area contributed by atoms with E-state index in [1.807, 2.05) is 0 Å². The van der Waals surface area contributed by atoms with Gasteiger partial charge in [-0.2, -0.15) is 0 Å². The molecular formula is C14H16F2N2O4. The Morgan fingerprint density at radius 2 is 1.91 bits per heavy atom. The van der Waals surface area contributed by atoms with Crippen molar-refractivity contribution in [1.82, 2.24) is 10.2 Å². The number of hydrogen-bond donors (Lipinski definition) is 2. The van der Waals surface area contributed by atoms with Crippen molar-refractivity contribution < 1.29 is 28.3 Å². The molecule has 8 heteroatoms. The van der Waals surface area contributed by atoms with E-state index in [9.17, 15) is 23.2 Å². The van der Waals surface area contributed by atoms with Gasteiger partial charge in [0.2, 0.25) is 5.91 Å². The topological polar surface area (TPSA) is 86.7 Å². The molecule has 0 radical (unpaired) electrons. The maximum Gasteiger partial charge on any atom is 0.308 e. The van der Waals surface area contributed by atoms with Gasteiger partial charge < -0.3 is 15.3 Å². The minimum atomic E-state index is -1.16. The average Bonchev–Trinajstić information content (AvgIpc) is 2.46. The molecule has 0 aromatic heterocycles. The number of amides is 2. The third-order valence-electron chi connectivity index (χ3n) is 2.98. The number of benzene rings is 1. The van der Waals surface area contributed by atoms with Crippen LogP contribution in [0.25, 0.3) is 0 Å². The van der Waals surface area contributed by atoms with Crippen LogP contribution >= 0.6 is 0 Å². The number of carboxylic acid groups (broad SMARTS) is 1. The monoisotopic (exact) mass is 314 g/mol. The van der Waals surface area contributed by atoms with Crippen molar-refractivity contribution in [3.05, 3.63) is 35.4 Å². The maximum absolute atomic E-state index is 13.0. The first-order chi connectivity index (χ1) is 10.2. The van der Waals surface area contributed by atoms with E-state index < -0.39 is 35.3 Å². The molecule has 0 fully saturated rings. The molecule has 1 aromatic carbocycles. The zero-order chi connectivity index (χ0) is 16.9. The fraction of sp³-hybridized carbons (Fsp3) is 0.357. The van der Waals surface area contributed by atoms with Crippen molar-refractivity contribution in [2.24, 2.45) is 5.92 Å². The van der Waals surface area contributed by atoms with Gasteiger partial charge in [0.1, 0.15) is 0 Å². The van der Waals surface area contributed by atoms with Gasteiger partial charge in [-0.1, -0.05) is 6.92 Å². The third-order valence-corrected chi connectivity index (χ3v) is 2.98. The molecule has 0 saturated carbocycles. The predicted octanol–water partition coefficient (Wildman–Crippen LogP) is 0.874. The van der Waals surface area contributed by atoms with E-state index in [1.54, 1.807) is 0 Å². The number of aliphatic carboxylic acids is 1. The number of carbonyl (C=O) groups excluding carboxylic acids is 2. The minimum absolute atomic E-state index is 0.00475. The summed E-state index contributed by atoms with van der Waals surface area (Å²) in [5.41, 5.74) is -0.117. The fourth-order valence-electron chi connectivity index (χ4n) is 1.62. The lowest BCUT2D eigenvalue weighted by Crippen LogP contribution is -2.40. The van der Waals surface area contributed by atoms with E-state index in [1.165, 1.54) is 18.9 Å². The molecule has 1 unspecified atom stereocenters. The highest BCUT2D eigenvalue weighted by Gasteiger charge is 2.18. The summed E-state index contributed by atoms with van der Waals surface area (Å²) in [4.78, 5) is 35.3. The number of halogens is 2. The minimum Gasteiger partial charge on any atom is -0.481 e. The summed E-state index contributed by atoms with van der Waals surface area (Å²) < 4.78 is 25.8. The second-order valence-electron chi connectivity index (χ2n) is 4.83. The second-order valence-corrected chi connectivity index (χ2v) is 4.83. The molecule has 0 aliphatic heterocycles. The van der Waals surface area contributed by atoms with Crippen LogP contribution in [0.5, 0.6) is 0 Å². The molecule has 1 atom stereocenters. The number of rotatable bonds is 6. The lowest BCUT2D eigenvalue weighted by molar-refractivity contribution is -0.142. The Hall–Kier alpha value is -2.51. The Bertz CT molecular complexity index is 592. The predicted molar refractivity (Wildman–Crippen MR) is 73.1 cm³/mol. The molecule has 0 bridgehead atoms. The van der Waals surface area contributed by atoms with Gasteiger partial charge >= 0.3 is 5.97 Å². The van der Waals surface area contributed by atoms with Gasteiger partial charge in [-0.3, -0.25) is 14.4 Å². The van der Waals surface area contributed by atoms with Crippen molar-refractivity contribution in [2.75, 3.05) is 20.1 Å². The quantitative estimate of drug-likeness (QED) is 0.816. The normalized spacial score (nSPS) is 11.6. The molecule has 0 spiro atoms. The van der Waals surface area contributed by atoms with Crippen molar-refractivity contribution >= 4 is 17.8 Å². The zero-order valence-corrected chi connectivity index (χ0v) is 12.1. The molecular weight excluding hydrogens is 298 g/mol. The number of hydrogen-bond acceptors (Lipinski definition) is 3. The zero-order valence-electron chi connectivity index (χ0n) is 12.1. The van der Waals surface area contributed by atoms with Crippen molar-refractivity contribution in [3.8, 4) is 0 Å².